The van der Waals surface area contributed by atoms with Crippen LogP contribution in [-0.4, -0.2) is 14.6 Å². The van der Waals surface area contributed by atoms with Crippen LogP contribution in [0.2, 0.25) is 0 Å². The van der Waals surface area contributed by atoms with E-state index < -0.39 is 16.9 Å². The molecule has 2 rings (SSSR count). The molecular formula is C8H3ClF2N2O. The van der Waals surface area contributed by atoms with E-state index in [2.05, 4.69) is 4.98 Å². The predicted octanol–water partition coefficient (Wildman–Crippen LogP) is 1.99. The summed E-state index contributed by atoms with van der Waals surface area (Å²) in [6.07, 6.45) is 2.06. The van der Waals surface area contributed by atoms with Crippen molar-refractivity contribution in [2.24, 2.45) is 0 Å². The Bertz CT molecular complexity index is 523. The third kappa shape index (κ3) is 1.26. The summed E-state index contributed by atoms with van der Waals surface area (Å²) >= 11 is 5.16. The van der Waals surface area contributed by atoms with Crippen LogP contribution in [0.15, 0.2) is 18.5 Å². The number of carbonyl (C=O) groups is 1. The van der Waals surface area contributed by atoms with Crippen LogP contribution in [0.3, 0.4) is 0 Å². The molecule has 0 aromatic carbocycles. The van der Waals surface area contributed by atoms with E-state index in [-0.39, 0.29) is 11.3 Å². The molecule has 0 saturated heterocycles. The second kappa shape index (κ2) is 3.02. The lowest BCUT2D eigenvalue weighted by Crippen LogP contribution is -2.00. The number of hydrogen-bond donors (Lipinski definition) is 0. The largest absolute Gasteiger partial charge is 0.290 e. The molecule has 2 heterocycles. The summed E-state index contributed by atoms with van der Waals surface area (Å²) in [5, 5.41) is -0.866. The van der Waals surface area contributed by atoms with Crippen LogP contribution in [0.5, 0.6) is 0 Å². The predicted molar refractivity (Wildman–Crippen MR) is 45.3 cm³/mol. The fourth-order valence-corrected chi connectivity index (χ4v) is 1.31. The van der Waals surface area contributed by atoms with Gasteiger partial charge in [0.15, 0.2) is 11.6 Å². The first-order valence-corrected chi connectivity index (χ1v) is 3.99. The Morgan fingerprint density at radius 1 is 1.50 bits per heavy atom. The number of imidazole rings is 1. The van der Waals surface area contributed by atoms with E-state index in [1.807, 2.05) is 0 Å². The molecule has 3 nitrogen and oxygen atoms in total. The van der Waals surface area contributed by atoms with Crippen molar-refractivity contribution in [2.45, 2.75) is 0 Å². The van der Waals surface area contributed by atoms with Crippen LogP contribution in [0.1, 0.15) is 10.6 Å². The number of rotatable bonds is 1. The van der Waals surface area contributed by atoms with Gasteiger partial charge in [-0.25, -0.2) is 13.8 Å². The molecule has 0 N–H and O–H groups in total. The van der Waals surface area contributed by atoms with Gasteiger partial charge in [0.25, 0.3) is 5.24 Å². The zero-order chi connectivity index (χ0) is 10.3. The Balaban J connectivity index is 2.85. The van der Waals surface area contributed by atoms with Gasteiger partial charge in [0.05, 0.1) is 6.20 Å². The molecule has 2 aromatic heterocycles. The van der Waals surface area contributed by atoms with Gasteiger partial charge in [0.1, 0.15) is 11.3 Å². The Morgan fingerprint density at radius 2 is 2.21 bits per heavy atom. The molecular weight excluding hydrogens is 214 g/mol. The minimum atomic E-state index is -0.866. The molecule has 0 aliphatic heterocycles. The van der Waals surface area contributed by atoms with Gasteiger partial charge in [-0.05, 0) is 11.6 Å². The first-order chi connectivity index (χ1) is 6.59. The van der Waals surface area contributed by atoms with Crippen molar-refractivity contribution in [1.82, 2.24) is 9.38 Å². The van der Waals surface area contributed by atoms with E-state index in [9.17, 15) is 13.6 Å². The highest BCUT2D eigenvalue weighted by molar-refractivity contribution is 6.67. The summed E-state index contributed by atoms with van der Waals surface area (Å²) in [6.45, 7) is 0. The van der Waals surface area contributed by atoms with Crippen LogP contribution in [-0.2, 0) is 0 Å². The first-order valence-electron chi connectivity index (χ1n) is 3.61. The number of fused-ring (bicyclic) bond motifs is 1. The maximum atomic E-state index is 13.1. The Labute approximate surface area is 81.9 Å². The molecule has 0 saturated carbocycles. The maximum Gasteiger partial charge on any atom is 0.288 e. The highest BCUT2D eigenvalue weighted by Crippen LogP contribution is 2.14. The topological polar surface area (TPSA) is 34.4 Å². The van der Waals surface area contributed by atoms with Crippen LogP contribution < -0.4 is 0 Å². The lowest BCUT2D eigenvalue weighted by Gasteiger charge is -1.97. The molecule has 0 radical (unpaired) electrons. The fraction of sp³-hybridized carbons (Fsp3) is 0. The van der Waals surface area contributed by atoms with Gasteiger partial charge in [-0.3, -0.25) is 9.20 Å². The second-order valence-electron chi connectivity index (χ2n) is 2.62. The van der Waals surface area contributed by atoms with Gasteiger partial charge in [-0.1, -0.05) is 0 Å². The first kappa shape index (κ1) is 9.08. The van der Waals surface area contributed by atoms with Crippen molar-refractivity contribution >= 4 is 22.4 Å². The van der Waals surface area contributed by atoms with Gasteiger partial charge >= 0.3 is 0 Å². The summed E-state index contributed by atoms with van der Waals surface area (Å²) in [6, 6.07) is 0.708. The van der Waals surface area contributed by atoms with Gasteiger partial charge < -0.3 is 0 Å². The normalized spacial score (nSPS) is 10.8. The Kier molecular flexibility index (Phi) is 1.96. The van der Waals surface area contributed by atoms with Crippen molar-refractivity contribution in [2.75, 3.05) is 0 Å². The summed E-state index contributed by atoms with van der Waals surface area (Å²) in [5.41, 5.74) is 0.00963. The highest BCUT2D eigenvalue weighted by Gasteiger charge is 2.13. The molecule has 0 aliphatic rings. The summed E-state index contributed by atoms with van der Waals surface area (Å²) in [4.78, 5) is 14.4. The molecule has 0 fully saturated rings. The minimum Gasteiger partial charge on any atom is -0.290 e. The molecule has 0 bridgehead atoms. The van der Waals surface area contributed by atoms with Crippen molar-refractivity contribution in [3.05, 3.63) is 35.9 Å². The molecule has 14 heavy (non-hydrogen) atoms. The third-order valence-corrected chi connectivity index (χ3v) is 1.90. The smallest absolute Gasteiger partial charge is 0.288 e. The quantitative estimate of drug-likeness (QED) is 0.684. The summed E-state index contributed by atoms with van der Waals surface area (Å²) in [5.74, 6) is -1.80. The van der Waals surface area contributed by atoms with Crippen LogP contribution in [0.25, 0.3) is 5.52 Å². The molecule has 72 valence electrons. The van der Waals surface area contributed by atoms with E-state index in [0.29, 0.717) is 6.07 Å². The number of pyridine rings is 1. The van der Waals surface area contributed by atoms with E-state index in [1.165, 1.54) is 0 Å². The van der Waals surface area contributed by atoms with E-state index in [1.54, 1.807) is 0 Å². The molecule has 6 heteroatoms. The van der Waals surface area contributed by atoms with Gasteiger partial charge in [0, 0.05) is 12.3 Å². The Hall–Kier alpha value is -1.49. The standard InChI is InChI=1S/C8H3ClF2N2O/c9-7(14)8-12-2-6-5(11)1-4(10)3-13(6)8/h1-3H. The number of halogens is 3. The van der Waals surface area contributed by atoms with Gasteiger partial charge in [-0.2, -0.15) is 0 Å². The SMILES string of the molecule is O=C(Cl)c1ncc2c(F)cc(F)cn12. The second-order valence-corrected chi connectivity index (χ2v) is 2.96. The lowest BCUT2D eigenvalue weighted by molar-refractivity contribution is 0.107. The van der Waals surface area contributed by atoms with Crippen molar-refractivity contribution in [1.29, 1.82) is 0 Å². The number of hydrogen-bond acceptors (Lipinski definition) is 2. The van der Waals surface area contributed by atoms with E-state index >= 15 is 0 Å². The summed E-state index contributed by atoms with van der Waals surface area (Å²) < 4.78 is 26.8. The van der Waals surface area contributed by atoms with E-state index in [4.69, 9.17) is 11.6 Å². The van der Waals surface area contributed by atoms with Crippen LogP contribution in [0.4, 0.5) is 8.78 Å². The molecule has 0 amide bonds. The molecule has 0 spiro atoms. The fourth-order valence-electron chi connectivity index (χ4n) is 1.17. The zero-order valence-corrected chi connectivity index (χ0v) is 7.42. The minimum absolute atomic E-state index is 0.00963. The van der Waals surface area contributed by atoms with E-state index in [0.717, 1.165) is 16.8 Å². The zero-order valence-electron chi connectivity index (χ0n) is 6.67. The van der Waals surface area contributed by atoms with Crippen LogP contribution >= 0.6 is 11.6 Å². The summed E-state index contributed by atoms with van der Waals surface area (Å²) in [7, 11) is 0. The van der Waals surface area contributed by atoms with Crippen molar-refractivity contribution in [3.63, 3.8) is 0 Å². The molecule has 0 aliphatic carbocycles. The van der Waals surface area contributed by atoms with Gasteiger partial charge in [-0.15, -0.1) is 0 Å². The maximum absolute atomic E-state index is 13.1. The Morgan fingerprint density at radius 3 is 2.86 bits per heavy atom. The molecule has 0 atom stereocenters. The number of carbonyl (C=O) groups excluding carboxylic acids is 1. The average Bonchev–Trinajstić information content (AvgIpc) is 2.47. The third-order valence-electron chi connectivity index (χ3n) is 1.73. The highest BCUT2D eigenvalue weighted by atomic mass is 35.5. The average molecular weight is 217 g/mol. The van der Waals surface area contributed by atoms with Gasteiger partial charge in [0.2, 0.25) is 0 Å². The number of aromatic nitrogens is 2. The molecule has 0 unspecified atom stereocenters. The van der Waals surface area contributed by atoms with Crippen LogP contribution in [0, 0.1) is 11.6 Å². The lowest BCUT2D eigenvalue weighted by atomic mass is 10.4. The van der Waals surface area contributed by atoms with Crippen molar-refractivity contribution in [3.8, 4) is 0 Å². The number of nitrogens with zero attached hydrogens (tertiary/aromatic N) is 2. The molecule has 2 aromatic rings. The monoisotopic (exact) mass is 216 g/mol. The van der Waals surface area contributed by atoms with Crippen molar-refractivity contribution < 1.29 is 13.6 Å².